The number of ether oxygens (including phenoxy) is 2. The third-order valence-corrected chi connectivity index (χ3v) is 6.31. The second-order valence-electron chi connectivity index (χ2n) is 7.48. The van der Waals surface area contributed by atoms with Crippen molar-refractivity contribution in [3.63, 3.8) is 0 Å². The monoisotopic (exact) mass is 251 g/mol. The average Bonchev–Trinajstić information content (AvgIpc) is 3.06. The Bertz CT molecular complexity index is 366. The van der Waals surface area contributed by atoms with E-state index in [0.29, 0.717) is 36.1 Å². The number of nitrogens with two attached hydrogens (primary N) is 1. The first kappa shape index (κ1) is 11.7. The van der Waals surface area contributed by atoms with Gasteiger partial charge in [0.05, 0.1) is 23.9 Å². The Morgan fingerprint density at radius 1 is 1.17 bits per heavy atom. The highest BCUT2D eigenvalue weighted by atomic mass is 16.6. The molecule has 0 aromatic rings. The molecule has 5 aliphatic rings. The smallest absolute Gasteiger partial charge is 0.0995 e. The summed E-state index contributed by atoms with van der Waals surface area (Å²) in [6.45, 7) is 7.03. The maximum atomic E-state index is 6.25. The van der Waals surface area contributed by atoms with Gasteiger partial charge in [0.1, 0.15) is 0 Å². The summed E-state index contributed by atoms with van der Waals surface area (Å²) in [6.07, 6.45) is 5.04. The molecule has 3 aliphatic heterocycles. The predicted octanol–water partition coefficient (Wildman–Crippen LogP) is 1.94. The molecular formula is C15H25NO2. The van der Waals surface area contributed by atoms with Crippen LogP contribution in [0.15, 0.2) is 0 Å². The first-order valence-corrected chi connectivity index (χ1v) is 7.58. The van der Waals surface area contributed by atoms with Crippen LogP contribution >= 0.6 is 0 Å². The Morgan fingerprint density at radius 3 is 2.61 bits per heavy atom. The lowest BCUT2D eigenvalue weighted by Gasteiger charge is -2.61. The Hall–Kier alpha value is -0.120. The van der Waals surface area contributed by atoms with Crippen LogP contribution in [0.2, 0.25) is 0 Å². The molecule has 2 saturated carbocycles. The predicted molar refractivity (Wildman–Crippen MR) is 69.1 cm³/mol. The molecule has 102 valence electrons. The van der Waals surface area contributed by atoms with E-state index in [1.165, 1.54) is 12.8 Å². The highest BCUT2D eigenvalue weighted by molar-refractivity contribution is 5.11. The highest BCUT2D eigenvalue weighted by Gasteiger charge is 2.61. The van der Waals surface area contributed by atoms with Gasteiger partial charge in [-0.3, -0.25) is 0 Å². The normalized spacial score (nSPS) is 66.0. The molecular weight excluding hydrogens is 226 g/mol. The van der Waals surface area contributed by atoms with Crippen LogP contribution in [0, 0.1) is 23.7 Å². The second-order valence-corrected chi connectivity index (χ2v) is 7.48. The summed E-state index contributed by atoms with van der Waals surface area (Å²) in [6, 6.07) is 0.257. The van der Waals surface area contributed by atoms with Gasteiger partial charge in [-0.05, 0) is 43.4 Å². The third-order valence-electron chi connectivity index (χ3n) is 6.31. The summed E-state index contributed by atoms with van der Waals surface area (Å²) in [5.74, 6) is 2.75. The number of hydrogen-bond acceptors (Lipinski definition) is 3. The van der Waals surface area contributed by atoms with E-state index in [1.807, 2.05) is 0 Å². The highest BCUT2D eigenvalue weighted by Crippen LogP contribution is 2.57. The van der Waals surface area contributed by atoms with E-state index in [-0.39, 0.29) is 11.6 Å². The lowest BCUT2D eigenvalue weighted by molar-refractivity contribution is -0.287. The molecule has 3 nitrogen and oxygen atoms in total. The van der Waals surface area contributed by atoms with Gasteiger partial charge < -0.3 is 15.2 Å². The van der Waals surface area contributed by atoms with Crippen molar-refractivity contribution in [2.24, 2.45) is 29.4 Å². The molecule has 2 aliphatic carbocycles. The van der Waals surface area contributed by atoms with Gasteiger partial charge in [-0.1, -0.05) is 13.8 Å². The summed E-state index contributed by atoms with van der Waals surface area (Å²) in [5, 5.41) is 0. The van der Waals surface area contributed by atoms with Crippen LogP contribution in [0.4, 0.5) is 0 Å². The van der Waals surface area contributed by atoms with Crippen molar-refractivity contribution < 1.29 is 9.47 Å². The minimum Gasteiger partial charge on any atom is -0.371 e. The van der Waals surface area contributed by atoms with Crippen molar-refractivity contribution in [2.45, 2.75) is 70.0 Å². The Balaban J connectivity index is 1.58. The van der Waals surface area contributed by atoms with Crippen LogP contribution in [0.25, 0.3) is 0 Å². The third kappa shape index (κ3) is 1.41. The summed E-state index contributed by atoms with van der Waals surface area (Å²) in [7, 11) is 0. The lowest BCUT2D eigenvalue weighted by atomic mass is 9.57. The molecule has 18 heavy (non-hydrogen) atoms. The van der Waals surface area contributed by atoms with Crippen LogP contribution in [0.1, 0.15) is 40.0 Å². The Kier molecular flexibility index (Phi) is 2.27. The van der Waals surface area contributed by atoms with Crippen LogP contribution in [-0.4, -0.2) is 30.0 Å². The maximum absolute atomic E-state index is 6.25. The molecule has 9 unspecified atom stereocenters. The van der Waals surface area contributed by atoms with E-state index in [4.69, 9.17) is 15.2 Å². The van der Waals surface area contributed by atoms with Crippen LogP contribution < -0.4 is 5.73 Å². The van der Waals surface area contributed by atoms with Gasteiger partial charge in [-0.15, -0.1) is 0 Å². The lowest BCUT2D eigenvalue weighted by Crippen LogP contribution is -2.63. The fourth-order valence-electron chi connectivity index (χ4n) is 5.06. The SMILES string of the molecule is CC1CC(C2CC(N)C3OC3C2C)C2(C)CC1O2. The van der Waals surface area contributed by atoms with E-state index in [9.17, 15) is 0 Å². The molecule has 3 heteroatoms. The molecule has 0 aromatic carbocycles. The zero-order valence-corrected chi connectivity index (χ0v) is 11.6. The van der Waals surface area contributed by atoms with Crippen molar-refractivity contribution in [1.29, 1.82) is 0 Å². The van der Waals surface area contributed by atoms with Gasteiger partial charge in [-0.2, -0.15) is 0 Å². The fourth-order valence-corrected chi connectivity index (χ4v) is 5.06. The molecule has 0 radical (unpaired) electrons. The minimum atomic E-state index is 0.136. The maximum Gasteiger partial charge on any atom is 0.0995 e. The first-order valence-electron chi connectivity index (χ1n) is 7.58. The van der Waals surface area contributed by atoms with E-state index in [1.54, 1.807) is 0 Å². The van der Waals surface area contributed by atoms with E-state index in [0.717, 1.165) is 12.3 Å². The average molecular weight is 251 g/mol. The number of fused-ring (bicyclic) bond motifs is 3. The topological polar surface area (TPSA) is 47.8 Å². The largest absolute Gasteiger partial charge is 0.371 e. The Morgan fingerprint density at radius 2 is 1.89 bits per heavy atom. The Labute approximate surface area is 109 Å². The van der Waals surface area contributed by atoms with E-state index in [2.05, 4.69) is 20.8 Å². The van der Waals surface area contributed by atoms with Crippen molar-refractivity contribution >= 4 is 0 Å². The molecule has 9 atom stereocenters. The molecule has 5 rings (SSSR count). The molecule has 3 saturated heterocycles. The zero-order valence-electron chi connectivity index (χ0n) is 11.6. The van der Waals surface area contributed by atoms with Crippen molar-refractivity contribution in [3.8, 4) is 0 Å². The van der Waals surface area contributed by atoms with Crippen molar-refractivity contribution in [2.75, 3.05) is 0 Å². The summed E-state index contributed by atoms with van der Waals surface area (Å²) >= 11 is 0. The van der Waals surface area contributed by atoms with Crippen molar-refractivity contribution in [3.05, 3.63) is 0 Å². The van der Waals surface area contributed by atoms with Crippen molar-refractivity contribution in [1.82, 2.24) is 0 Å². The second kappa shape index (κ2) is 3.50. The van der Waals surface area contributed by atoms with Gasteiger partial charge >= 0.3 is 0 Å². The number of epoxide rings is 1. The van der Waals surface area contributed by atoms with E-state index >= 15 is 0 Å². The van der Waals surface area contributed by atoms with Gasteiger partial charge in [0.2, 0.25) is 0 Å². The quantitative estimate of drug-likeness (QED) is 0.725. The van der Waals surface area contributed by atoms with Gasteiger partial charge in [0, 0.05) is 12.5 Å². The van der Waals surface area contributed by atoms with Gasteiger partial charge in [-0.25, -0.2) is 0 Å². The molecule has 3 heterocycles. The number of rotatable bonds is 1. The van der Waals surface area contributed by atoms with Gasteiger partial charge in [0.25, 0.3) is 0 Å². The molecule has 2 bridgehead atoms. The molecule has 0 aromatic heterocycles. The molecule has 0 spiro atoms. The standard InChI is InChI=1S/C15H25NO2/c1-7-4-10(15(3)6-12(7)18-15)9-5-11(16)14-13(17-14)8(9)2/h7-14H,4-6,16H2,1-3H3. The van der Waals surface area contributed by atoms with Crippen LogP contribution in [0.3, 0.4) is 0 Å². The van der Waals surface area contributed by atoms with Gasteiger partial charge in [0.15, 0.2) is 0 Å². The summed E-state index contributed by atoms with van der Waals surface area (Å²) < 4.78 is 12.0. The molecule has 5 fully saturated rings. The van der Waals surface area contributed by atoms with Crippen LogP contribution in [0.5, 0.6) is 0 Å². The minimum absolute atomic E-state index is 0.136. The van der Waals surface area contributed by atoms with Crippen LogP contribution in [-0.2, 0) is 9.47 Å². The fraction of sp³-hybridized carbons (Fsp3) is 1.00. The molecule has 2 N–H and O–H groups in total. The summed E-state index contributed by atoms with van der Waals surface area (Å²) in [5.41, 5.74) is 6.39. The number of hydrogen-bond donors (Lipinski definition) is 1. The van der Waals surface area contributed by atoms with E-state index < -0.39 is 0 Å². The zero-order chi connectivity index (χ0) is 12.7. The first-order chi connectivity index (χ1) is 8.49. The molecule has 0 amide bonds. The summed E-state index contributed by atoms with van der Waals surface area (Å²) in [4.78, 5) is 0.